The Balaban J connectivity index is 1.75. The summed E-state index contributed by atoms with van der Waals surface area (Å²) < 4.78 is 1.02. The van der Waals surface area contributed by atoms with Crippen LogP contribution in [-0.4, -0.2) is 29.3 Å². The van der Waals surface area contributed by atoms with Crippen LogP contribution in [0.15, 0.2) is 42.5 Å². The molecule has 1 fully saturated rings. The summed E-state index contributed by atoms with van der Waals surface area (Å²) in [7, 11) is 0. The third-order valence-electron chi connectivity index (χ3n) is 4.87. The molecule has 1 heterocycles. The van der Waals surface area contributed by atoms with Crippen LogP contribution in [0.3, 0.4) is 0 Å². The van der Waals surface area contributed by atoms with Crippen LogP contribution in [0.2, 0.25) is 0 Å². The fraction of sp³-hybridized carbons (Fsp3) is 0.333. The molecule has 1 N–H and O–H groups in total. The number of aryl methyl sites for hydroxylation is 1. The van der Waals surface area contributed by atoms with Gasteiger partial charge in [0.25, 0.3) is 11.8 Å². The van der Waals surface area contributed by atoms with Crippen LogP contribution in [-0.2, 0) is 0 Å². The number of piperidine rings is 1. The first-order chi connectivity index (χ1) is 12.5. The van der Waals surface area contributed by atoms with Gasteiger partial charge in [-0.2, -0.15) is 0 Å². The Bertz CT molecular complexity index is 835. The minimum absolute atomic E-state index is 0.0794. The lowest BCUT2D eigenvalue weighted by Crippen LogP contribution is -2.42. The van der Waals surface area contributed by atoms with E-state index in [0.717, 1.165) is 34.2 Å². The zero-order valence-corrected chi connectivity index (χ0v) is 17.2. The van der Waals surface area contributed by atoms with E-state index in [4.69, 9.17) is 0 Å². The monoisotopic (exact) mass is 462 g/mol. The average molecular weight is 462 g/mol. The summed E-state index contributed by atoms with van der Waals surface area (Å²) in [5.41, 5.74) is 2.93. The maximum Gasteiger partial charge on any atom is 0.255 e. The fourth-order valence-corrected chi connectivity index (χ4v) is 3.87. The van der Waals surface area contributed by atoms with Gasteiger partial charge < -0.3 is 10.2 Å². The van der Waals surface area contributed by atoms with Gasteiger partial charge in [-0.25, -0.2) is 0 Å². The minimum Gasteiger partial charge on any atom is -0.336 e. The van der Waals surface area contributed by atoms with E-state index in [2.05, 4.69) is 34.8 Å². The number of hydrogen-bond donors (Lipinski definition) is 1. The Kier molecular flexibility index (Phi) is 5.96. The number of amides is 2. The van der Waals surface area contributed by atoms with Crippen molar-refractivity contribution in [1.29, 1.82) is 0 Å². The molecule has 1 saturated heterocycles. The van der Waals surface area contributed by atoms with Gasteiger partial charge >= 0.3 is 0 Å². The molecule has 0 aliphatic carbocycles. The Hall–Kier alpha value is -1.89. The highest BCUT2D eigenvalue weighted by atomic mass is 127. The number of carbonyl (C=O) groups excluding carboxylic acids is 2. The van der Waals surface area contributed by atoms with Crippen molar-refractivity contribution in [2.45, 2.75) is 39.2 Å². The Labute approximate surface area is 168 Å². The number of benzene rings is 2. The highest BCUT2D eigenvalue weighted by Gasteiger charge is 2.24. The third-order valence-corrected chi connectivity index (χ3v) is 5.54. The maximum atomic E-state index is 12.8. The lowest BCUT2D eigenvalue weighted by molar-refractivity contribution is 0.0635. The number of nitrogens with one attached hydrogen (secondary N) is 1. The first-order valence-corrected chi connectivity index (χ1v) is 10.0. The van der Waals surface area contributed by atoms with Crippen LogP contribution >= 0.6 is 22.6 Å². The molecule has 5 heteroatoms. The van der Waals surface area contributed by atoms with Crippen LogP contribution in [0.1, 0.15) is 52.5 Å². The van der Waals surface area contributed by atoms with E-state index in [1.54, 1.807) is 12.1 Å². The van der Waals surface area contributed by atoms with E-state index >= 15 is 0 Å². The summed E-state index contributed by atoms with van der Waals surface area (Å²) >= 11 is 2.19. The van der Waals surface area contributed by atoms with Gasteiger partial charge in [0.2, 0.25) is 0 Å². The number of carbonyl (C=O) groups is 2. The van der Waals surface area contributed by atoms with Crippen molar-refractivity contribution in [2.75, 3.05) is 11.9 Å². The van der Waals surface area contributed by atoms with Crippen molar-refractivity contribution >= 4 is 40.1 Å². The molecule has 1 aliphatic rings. The molecule has 1 atom stereocenters. The maximum absolute atomic E-state index is 12.8. The fourth-order valence-electron chi connectivity index (χ4n) is 3.33. The van der Waals surface area contributed by atoms with E-state index in [9.17, 15) is 9.59 Å². The van der Waals surface area contributed by atoms with Gasteiger partial charge in [0, 0.05) is 33.0 Å². The predicted octanol–water partition coefficient (Wildman–Crippen LogP) is 4.87. The molecule has 0 bridgehead atoms. The number of anilines is 1. The first kappa shape index (κ1) is 18.9. The number of halogens is 1. The van der Waals surface area contributed by atoms with Gasteiger partial charge in [0.05, 0.1) is 0 Å². The van der Waals surface area contributed by atoms with Gasteiger partial charge in [-0.05, 0) is 97.7 Å². The smallest absolute Gasteiger partial charge is 0.255 e. The van der Waals surface area contributed by atoms with Gasteiger partial charge in [0.1, 0.15) is 0 Å². The summed E-state index contributed by atoms with van der Waals surface area (Å²) in [4.78, 5) is 27.2. The van der Waals surface area contributed by atoms with Crippen molar-refractivity contribution in [3.63, 3.8) is 0 Å². The zero-order valence-electron chi connectivity index (χ0n) is 15.1. The SMILES string of the molecule is Cc1cc(C(=O)N2CCCCC2C)ccc1NC(=O)c1cccc(I)c1. The largest absolute Gasteiger partial charge is 0.336 e. The summed E-state index contributed by atoms with van der Waals surface area (Å²) in [6.07, 6.45) is 3.32. The van der Waals surface area contributed by atoms with Crippen LogP contribution in [0.4, 0.5) is 5.69 Å². The van der Waals surface area contributed by atoms with Gasteiger partial charge in [0.15, 0.2) is 0 Å². The molecule has 1 unspecified atom stereocenters. The van der Waals surface area contributed by atoms with Crippen molar-refractivity contribution in [1.82, 2.24) is 4.90 Å². The molecule has 3 rings (SSSR count). The molecule has 2 aromatic rings. The number of rotatable bonds is 3. The highest BCUT2D eigenvalue weighted by Crippen LogP contribution is 2.23. The van der Waals surface area contributed by atoms with E-state index in [-0.39, 0.29) is 17.9 Å². The topological polar surface area (TPSA) is 49.4 Å². The van der Waals surface area contributed by atoms with Gasteiger partial charge in [-0.3, -0.25) is 9.59 Å². The lowest BCUT2D eigenvalue weighted by atomic mass is 10.0. The summed E-state index contributed by atoms with van der Waals surface area (Å²) in [6, 6.07) is 13.2. The Morgan fingerprint density at radius 2 is 1.92 bits per heavy atom. The van der Waals surface area contributed by atoms with Crippen LogP contribution in [0, 0.1) is 10.5 Å². The summed E-state index contributed by atoms with van der Waals surface area (Å²) in [6.45, 7) is 4.85. The highest BCUT2D eigenvalue weighted by molar-refractivity contribution is 14.1. The normalized spacial score (nSPS) is 17.0. The third kappa shape index (κ3) is 4.26. The number of nitrogens with zero attached hydrogens (tertiary/aromatic N) is 1. The van der Waals surface area contributed by atoms with Crippen molar-refractivity contribution in [2.24, 2.45) is 0 Å². The molecule has 0 spiro atoms. The molecule has 4 nitrogen and oxygen atoms in total. The molecular weight excluding hydrogens is 439 g/mol. The Morgan fingerprint density at radius 3 is 2.62 bits per heavy atom. The first-order valence-electron chi connectivity index (χ1n) is 8.94. The van der Waals surface area contributed by atoms with Crippen molar-refractivity contribution in [3.05, 3.63) is 62.7 Å². The van der Waals surface area contributed by atoms with Crippen molar-refractivity contribution < 1.29 is 9.59 Å². The van der Waals surface area contributed by atoms with Crippen LogP contribution in [0.5, 0.6) is 0 Å². The van der Waals surface area contributed by atoms with Gasteiger partial charge in [-0.1, -0.05) is 6.07 Å². The zero-order chi connectivity index (χ0) is 18.7. The summed E-state index contributed by atoms with van der Waals surface area (Å²) in [5.74, 6) is -0.0638. The second kappa shape index (κ2) is 8.20. The lowest BCUT2D eigenvalue weighted by Gasteiger charge is -2.33. The number of likely N-dealkylation sites (tertiary alicyclic amines) is 1. The minimum atomic E-state index is -0.143. The predicted molar refractivity (Wildman–Crippen MR) is 113 cm³/mol. The van der Waals surface area contributed by atoms with E-state index in [1.165, 1.54) is 6.42 Å². The second-order valence-corrected chi connectivity index (χ2v) is 8.08. The van der Waals surface area contributed by atoms with Crippen LogP contribution in [0.25, 0.3) is 0 Å². The van der Waals surface area contributed by atoms with Crippen LogP contribution < -0.4 is 5.32 Å². The molecule has 26 heavy (non-hydrogen) atoms. The molecule has 0 saturated carbocycles. The van der Waals surface area contributed by atoms with E-state index in [0.29, 0.717) is 11.1 Å². The summed E-state index contributed by atoms with van der Waals surface area (Å²) in [5, 5.41) is 2.94. The van der Waals surface area contributed by atoms with Crippen molar-refractivity contribution in [3.8, 4) is 0 Å². The molecule has 2 amide bonds. The second-order valence-electron chi connectivity index (χ2n) is 6.84. The standard InChI is InChI=1S/C21H23IN2O2/c1-14-12-17(21(26)24-11-4-3-6-15(24)2)9-10-19(14)23-20(25)16-7-5-8-18(22)13-16/h5,7-10,12-13,15H,3-4,6,11H2,1-2H3,(H,23,25). The Morgan fingerprint density at radius 1 is 1.12 bits per heavy atom. The van der Waals surface area contributed by atoms with E-state index in [1.807, 2.05) is 42.2 Å². The molecule has 136 valence electrons. The molecule has 0 aromatic heterocycles. The molecular formula is C21H23IN2O2. The quantitative estimate of drug-likeness (QED) is 0.663. The average Bonchev–Trinajstić information content (AvgIpc) is 2.63. The molecule has 0 radical (unpaired) electrons. The molecule has 1 aliphatic heterocycles. The molecule has 2 aromatic carbocycles. The van der Waals surface area contributed by atoms with Gasteiger partial charge in [-0.15, -0.1) is 0 Å². The van der Waals surface area contributed by atoms with E-state index < -0.39 is 0 Å². The number of hydrogen-bond acceptors (Lipinski definition) is 2.